The second-order valence-electron chi connectivity index (χ2n) is 4.18. The summed E-state index contributed by atoms with van der Waals surface area (Å²) in [7, 11) is 0. The van der Waals surface area contributed by atoms with Gasteiger partial charge in [-0.25, -0.2) is 4.79 Å². The molecule has 6 heteroatoms. The van der Waals surface area contributed by atoms with E-state index < -0.39 is 6.09 Å². The number of halogens is 2. The van der Waals surface area contributed by atoms with E-state index in [1.54, 1.807) is 30.0 Å². The summed E-state index contributed by atoms with van der Waals surface area (Å²) >= 11 is 13.3. The highest BCUT2D eigenvalue weighted by atomic mass is 35.5. The Bertz CT molecular complexity index is 632. The zero-order valence-electron chi connectivity index (χ0n) is 11.2. The van der Waals surface area contributed by atoms with Crippen LogP contribution in [0.25, 0.3) is 0 Å². The molecule has 0 aromatic heterocycles. The Hall–Kier alpha value is -1.36. The minimum atomic E-state index is -0.540. The van der Waals surface area contributed by atoms with Gasteiger partial charge in [0.15, 0.2) is 0 Å². The molecule has 0 bridgehead atoms. The summed E-state index contributed by atoms with van der Waals surface area (Å²) in [5, 5.41) is 3.41. The van der Waals surface area contributed by atoms with Gasteiger partial charge in [0.25, 0.3) is 0 Å². The van der Waals surface area contributed by atoms with Crippen LogP contribution in [-0.4, -0.2) is 12.3 Å². The van der Waals surface area contributed by atoms with Gasteiger partial charge in [-0.2, -0.15) is 0 Å². The first-order chi connectivity index (χ1) is 10.1. The monoisotopic (exact) mass is 341 g/mol. The lowest BCUT2D eigenvalue weighted by Gasteiger charge is -2.08. The van der Waals surface area contributed by atoms with Gasteiger partial charge in [-0.15, -0.1) is 11.8 Å². The molecule has 2 rings (SSSR count). The smallest absolute Gasteiger partial charge is 0.411 e. The number of amides is 1. The number of benzene rings is 2. The molecule has 0 atom stereocenters. The van der Waals surface area contributed by atoms with Crippen LogP contribution in [0, 0.1) is 0 Å². The number of thioether (sulfide) groups is 1. The van der Waals surface area contributed by atoms with E-state index in [0.717, 1.165) is 5.56 Å². The van der Waals surface area contributed by atoms with Crippen LogP contribution in [0.2, 0.25) is 10.0 Å². The van der Waals surface area contributed by atoms with Crippen molar-refractivity contribution in [3.63, 3.8) is 0 Å². The van der Waals surface area contributed by atoms with Crippen LogP contribution in [-0.2, 0) is 11.3 Å². The van der Waals surface area contributed by atoms with Crippen LogP contribution in [0.1, 0.15) is 5.56 Å². The summed E-state index contributed by atoms with van der Waals surface area (Å²) in [6.07, 6.45) is 1.47. The molecule has 2 aromatic carbocycles. The van der Waals surface area contributed by atoms with Crippen molar-refractivity contribution >= 4 is 46.7 Å². The van der Waals surface area contributed by atoms with Crippen molar-refractivity contribution in [2.75, 3.05) is 11.6 Å². The van der Waals surface area contributed by atoms with E-state index in [0.29, 0.717) is 15.7 Å². The van der Waals surface area contributed by atoms with E-state index >= 15 is 0 Å². The first-order valence-electron chi connectivity index (χ1n) is 6.10. The van der Waals surface area contributed by atoms with Crippen molar-refractivity contribution < 1.29 is 9.53 Å². The van der Waals surface area contributed by atoms with Crippen LogP contribution < -0.4 is 5.32 Å². The van der Waals surface area contributed by atoms with Crippen LogP contribution >= 0.6 is 35.0 Å². The van der Waals surface area contributed by atoms with E-state index in [4.69, 9.17) is 27.9 Å². The van der Waals surface area contributed by atoms with Gasteiger partial charge < -0.3 is 4.74 Å². The average molecular weight is 342 g/mol. The Kier molecular flexibility index (Phi) is 5.79. The Labute approximate surface area is 137 Å². The molecule has 3 nitrogen and oxygen atoms in total. The molecule has 21 heavy (non-hydrogen) atoms. The molecule has 2 aromatic rings. The maximum atomic E-state index is 11.7. The van der Waals surface area contributed by atoms with Gasteiger partial charge >= 0.3 is 6.09 Å². The third-order valence-electron chi connectivity index (χ3n) is 2.69. The largest absolute Gasteiger partial charge is 0.444 e. The van der Waals surface area contributed by atoms with Crippen LogP contribution in [0.3, 0.4) is 0 Å². The number of carbonyl (C=O) groups excluding carboxylic acids is 1. The number of hydrogen-bond acceptors (Lipinski definition) is 3. The first-order valence-corrected chi connectivity index (χ1v) is 8.08. The Balaban J connectivity index is 1.87. The van der Waals surface area contributed by atoms with Crippen molar-refractivity contribution in [1.82, 2.24) is 0 Å². The van der Waals surface area contributed by atoms with Gasteiger partial charge in [-0.05, 0) is 42.2 Å². The fraction of sp³-hybridized carbons (Fsp3) is 0.133. The van der Waals surface area contributed by atoms with Gasteiger partial charge in [0.05, 0.1) is 10.0 Å². The number of ether oxygens (including phenoxy) is 1. The molecule has 0 saturated carbocycles. The predicted octanol–water partition coefficient (Wildman–Crippen LogP) is 5.46. The lowest BCUT2D eigenvalue weighted by atomic mass is 10.2. The molecule has 0 aliphatic heterocycles. The van der Waals surface area contributed by atoms with E-state index in [-0.39, 0.29) is 6.61 Å². The molecule has 1 amide bonds. The van der Waals surface area contributed by atoms with E-state index in [9.17, 15) is 4.79 Å². The number of rotatable bonds is 4. The van der Waals surface area contributed by atoms with Gasteiger partial charge in [-0.1, -0.05) is 35.3 Å². The van der Waals surface area contributed by atoms with Crippen LogP contribution in [0.5, 0.6) is 0 Å². The van der Waals surface area contributed by atoms with E-state index in [2.05, 4.69) is 5.32 Å². The van der Waals surface area contributed by atoms with Crippen molar-refractivity contribution in [3.8, 4) is 0 Å². The quantitative estimate of drug-likeness (QED) is 0.750. The Morgan fingerprint density at radius 1 is 1.14 bits per heavy atom. The first kappa shape index (κ1) is 16.0. The van der Waals surface area contributed by atoms with E-state index in [1.807, 2.05) is 30.5 Å². The molecular formula is C15H13Cl2NO2S. The maximum Gasteiger partial charge on any atom is 0.411 e. The van der Waals surface area contributed by atoms with Gasteiger partial charge in [-0.3, -0.25) is 5.32 Å². The SMILES string of the molecule is CSc1ccc(COC(=O)Nc2ccc(Cl)c(Cl)c2)cc1. The fourth-order valence-corrected chi connectivity index (χ4v) is 2.30. The maximum absolute atomic E-state index is 11.7. The van der Waals surface area contributed by atoms with Gasteiger partial charge in [0, 0.05) is 10.6 Å². The zero-order chi connectivity index (χ0) is 15.2. The standard InChI is InChI=1S/C15H13Cl2NO2S/c1-21-12-5-2-10(3-6-12)9-20-15(19)18-11-4-7-13(16)14(17)8-11/h2-8H,9H2,1H3,(H,18,19). The Morgan fingerprint density at radius 3 is 2.48 bits per heavy atom. The Morgan fingerprint density at radius 2 is 1.86 bits per heavy atom. The lowest BCUT2D eigenvalue weighted by molar-refractivity contribution is 0.155. The minimum absolute atomic E-state index is 0.210. The molecule has 1 N–H and O–H groups in total. The van der Waals surface area contributed by atoms with Crippen LogP contribution in [0.15, 0.2) is 47.4 Å². The summed E-state index contributed by atoms with van der Waals surface area (Å²) in [4.78, 5) is 12.9. The third-order valence-corrected chi connectivity index (χ3v) is 4.18. The number of anilines is 1. The topological polar surface area (TPSA) is 38.3 Å². The molecule has 0 aliphatic carbocycles. The van der Waals surface area contributed by atoms with Crippen LogP contribution in [0.4, 0.5) is 10.5 Å². The molecule has 0 radical (unpaired) electrons. The molecular weight excluding hydrogens is 329 g/mol. The van der Waals surface area contributed by atoms with Crippen molar-refractivity contribution in [2.45, 2.75) is 11.5 Å². The molecule has 0 saturated heterocycles. The molecule has 0 fully saturated rings. The number of nitrogens with one attached hydrogen (secondary N) is 1. The summed E-state index contributed by atoms with van der Waals surface area (Å²) in [5.74, 6) is 0. The zero-order valence-corrected chi connectivity index (χ0v) is 13.6. The third kappa shape index (κ3) is 4.84. The summed E-state index contributed by atoms with van der Waals surface area (Å²) in [6.45, 7) is 0.210. The normalized spacial score (nSPS) is 10.2. The second kappa shape index (κ2) is 7.59. The second-order valence-corrected chi connectivity index (χ2v) is 5.87. The summed E-state index contributed by atoms with van der Waals surface area (Å²) in [6, 6.07) is 12.7. The number of hydrogen-bond donors (Lipinski definition) is 1. The van der Waals surface area contributed by atoms with Gasteiger partial charge in [0.2, 0.25) is 0 Å². The average Bonchev–Trinajstić information content (AvgIpc) is 2.49. The number of carbonyl (C=O) groups is 1. The summed E-state index contributed by atoms with van der Waals surface area (Å²) < 4.78 is 5.14. The highest BCUT2D eigenvalue weighted by Crippen LogP contribution is 2.25. The minimum Gasteiger partial charge on any atom is -0.444 e. The summed E-state index contributed by atoms with van der Waals surface area (Å²) in [5.41, 5.74) is 1.46. The molecule has 0 unspecified atom stereocenters. The lowest BCUT2D eigenvalue weighted by Crippen LogP contribution is -2.13. The fourth-order valence-electron chi connectivity index (χ4n) is 1.60. The highest BCUT2D eigenvalue weighted by molar-refractivity contribution is 7.98. The molecule has 0 aliphatic rings. The molecule has 110 valence electrons. The van der Waals surface area contributed by atoms with Gasteiger partial charge in [0.1, 0.15) is 6.61 Å². The predicted molar refractivity (Wildman–Crippen MR) is 88.5 cm³/mol. The highest BCUT2D eigenvalue weighted by Gasteiger charge is 2.06. The van der Waals surface area contributed by atoms with Crippen molar-refractivity contribution in [1.29, 1.82) is 0 Å². The van der Waals surface area contributed by atoms with E-state index in [1.165, 1.54) is 4.90 Å². The van der Waals surface area contributed by atoms with Crippen molar-refractivity contribution in [3.05, 3.63) is 58.1 Å². The molecule has 0 spiro atoms. The molecule has 0 heterocycles. The van der Waals surface area contributed by atoms with Crippen molar-refractivity contribution in [2.24, 2.45) is 0 Å².